The largest absolute Gasteiger partial charge is 0.325 e. The number of hydrogen-bond donors (Lipinski definition) is 1. The summed E-state index contributed by atoms with van der Waals surface area (Å²) < 4.78 is 0. The molecular weight excluding hydrogens is 287 g/mol. The summed E-state index contributed by atoms with van der Waals surface area (Å²) in [6, 6.07) is 4.40. The molecule has 1 saturated heterocycles. The van der Waals surface area contributed by atoms with Gasteiger partial charge in [-0.1, -0.05) is 35.3 Å². The van der Waals surface area contributed by atoms with Crippen LogP contribution in [0.2, 0.25) is 10.0 Å². The maximum Gasteiger partial charge on any atom is 0.325 e. The Kier molecular flexibility index (Phi) is 3.56. The minimum absolute atomic E-state index is 0.168. The molecule has 1 aromatic carbocycles. The van der Waals surface area contributed by atoms with E-state index in [1.165, 1.54) is 6.08 Å². The molecule has 2 rings (SSSR count). The Labute approximate surface area is 121 Å². The first kappa shape index (κ1) is 13.9. The second-order valence-electron chi connectivity index (χ2n) is 4.39. The Morgan fingerprint density at radius 1 is 1.37 bits per heavy atom. The lowest BCUT2D eigenvalue weighted by atomic mass is 9.92. The van der Waals surface area contributed by atoms with E-state index >= 15 is 0 Å². The Balaban J connectivity index is 2.43. The predicted octanol–water partition coefficient (Wildman–Crippen LogP) is 2.95. The number of halogens is 2. The Hall–Kier alpha value is -1.52. The summed E-state index contributed by atoms with van der Waals surface area (Å²) in [4.78, 5) is 25.3. The molecule has 0 bridgehead atoms. The lowest BCUT2D eigenvalue weighted by molar-refractivity contribution is -0.130. The molecule has 1 heterocycles. The molecule has 1 aliphatic heterocycles. The molecule has 1 unspecified atom stereocenters. The van der Waals surface area contributed by atoms with Gasteiger partial charge in [0, 0.05) is 6.54 Å². The van der Waals surface area contributed by atoms with Gasteiger partial charge < -0.3 is 5.32 Å². The summed E-state index contributed by atoms with van der Waals surface area (Å²) in [5, 5.41) is 3.40. The monoisotopic (exact) mass is 298 g/mol. The molecule has 0 aromatic heterocycles. The van der Waals surface area contributed by atoms with Crippen molar-refractivity contribution in [2.45, 2.75) is 12.5 Å². The van der Waals surface area contributed by atoms with E-state index in [4.69, 9.17) is 23.2 Å². The van der Waals surface area contributed by atoms with Crippen molar-refractivity contribution < 1.29 is 9.59 Å². The third kappa shape index (κ3) is 2.22. The van der Waals surface area contributed by atoms with E-state index < -0.39 is 11.6 Å². The summed E-state index contributed by atoms with van der Waals surface area (Å²) >= 11 is 11.8. The summed E-state index contributed by atoms with van der Waals surface area (Å²) in [6.07, 6.45) is 1.50. The van der Waals surface area contributed by atoms with E-state index in [2.05, 4.69) is 11.9 Å². The van der Waals surface area contributed by atoms with Crippen molar-refractivity contribution in [1.29, 1.82) is 0 Å². The van der Waals surface area contributed by atoms with Crippen LogP contribution in [0.15, 0.2) is 30.9 Å². The van der Waals surface area contributed by atoms with Crippen LogP contribution >= 0.6 is 23.2 Å². The van der Waals surface area contributed by atoms with E-state index in [-0.39, 0.29) is 12.5 Å². The molecular formula is C13H12Cl2N2O2. The quantitative estimate of drug-likeness (QED) is 0.689. The van der Waals surface area contributed by atoms with Gasteiger partial charge in [-0.3, -0.25) is 9.69 Å². The van der Waals surface area contributed by atoms with Gasteiger partial charge in [0.2, 0.25) is 0 Å². The number of carbonyl (C=O) groups excluding carboxylic acids is 2. The molecule has 0 saturated carbocycles. The Morgan fingerprint density at radius 3 is 2.63 bits per heavy atom. The van der Waals surface area contributed by atoms with Gasteiger partial charge in [0.15, 0.2) is 0 Å². The first-order valence-corrected chi connectivity index (χ1v) is 6.36. The first-order valence-electron chi connectivity index (χ1n) is 5.60. The standard InChI is InChI=1S/C13H12Cl2N2O2/c1-3-6-17-11(18)13(2,16-12(17)19)8-4-5-9(14)10(15)7-8/h3-5,7H,1,6H2,2H3,(H,16,19). The van der Waals surface area contributed by atoms with Crippen molar-refractivity contribution in [3.63, 3.8) is 0 Å². The van der Waals surface area contributed by atoms with E-state index in [0.29, 0.717) is 15.6 Å². The van der Waals surface area contributed by atoms with E-state index in [9.17, 15) is 9.59 Å². The number of amides is 3. The number of benzene rings is 1. The summed E-state index contributed by atoms with van der Waals surface area (Å²) in [7, 11) is 0. The second kappa shape index (κ2) is 4.87. The topological polar surface area (TPSA) is 49.4 Å². The number of urea groups is 1. The molecule has 1 aromatic rings. The van der Waals surface area contributed by atoms with Crippen LogP contribution in [0.5, 0.6) is 0 Å². The van der Waals surface area contributed by atoms with Crippen LogP contribution in [0.1, 0.15) is 12.5 Å². The normalized spacial score (nSPS) is 22.6. The van der Waals surface area contributed by atoms with E-state index in [1.54, 1.807) is 25.1 Å². The van der Waals surface area contributed by atoms with Gasteiger partial charge >= 0.3 is 6.03 Å². The average Bonchev–Trinajstić information content (AvgIpc) is 2.58. The molecule has 3 amide bonds. The van der Waals surface area contributed by atoms with Gasteiger partial charge in [0.25, 0.3) is 5.91 Å². The third-order valence-electron chi connectivity index (χ3n) is 3.08. The van der Waals surface area contributed by atoms with Crippen LogP contribution in [-0.2, 0) is 10.3 Å². The van der Waals surface area contributed by atoms with Crippen molar-refractivity contribution in [3.05, 3.63) is 46.5 Å². The summed E-state index contributed by atoms with van der Waals surface area (Å²) in [5.74, 6) is -0.337. The zero-order chi connectivity index (χ0) is 14.2. The lowest BCUT2D eigenvalue weighted by Gasteiger charge is -2.22. The zero-order valence-electron chi connectivity index (χ0n) is 10.2. The number of hydrogen-bond acceptors (Lipinski definition) is 2. The van der Waals surface area contributed by atoms with E-state index in [0.717, 1.165) is 4.90 Å². The molecule has 1 atom stereocenters. The van der Waals surface area contributed by atoms with Crippen molar-refractivity contribution in [3.8, 4) is 0 Å². The highest BCUT2D eigenvalue weighted by Gasteiger charge is 2.48. The maximum absolute atomic E-state index is 12.3. The fraction of sp³-hybridized carbons (Fsp3) is 0.231. The third-order valence-corrected chi connectivity index (χ3v) is 3.82. The Morgan fingerprint density at radius 2 is 2.05 bits per heavy atom. The number of nitrogens with one attached hydrogen (secondary N) is 1. The number of rotatable bonds is 3. The zero-order valence-corrected chi connectivity index (χ0v) is 11.8. The fourth-order valence-electron chi connectivity index (χ4n) is 1.99. The number of imide groups is 1. The minimum Gasteiger partial charge on any atom is -0.319 e. The molecule has 0 radical (unpaired) electrons. The van der Waals surface area contributed by atoms with Gasteiger partial charge in [-0.15, -0.1) is 6.58 Å². The van der Waals surface area contributed by atoms with Crippen molar-refractivity contribution >= 4 is 35.1 Å². The van der Waals surface area contributed by atoms with Crippen LogP contribution in [-0.4, -0.2) is 23.4 Å². The highest BCUT2D eigenvalue weighted by molar-refractivity contribution is 6.42. The highest BCUT2D eigenvalue weighted by Crippen LogP contribution is 2.32. The molecule has 100 valence electrons. The van der Waals surface area contributed by atoms with Gasteiger partial charge in [-0.05, 0) is 24.6 Å². The van der Waals surface area contributed by atoms with E-state index in [1.807, 2.05) is 0 Å². The van der Waals surface area contributed by atoms with Crippen LogP contribution < -0.4 is 5.32 Å². The van der Waals surface area contributed by atoms with Gasteiger partial charge in [-0.2, -0.15) is 0 Å². The molecule has 19 heavy (non-hydrogen) atoms. The molecule has 0 aliphatic carbocycles. The number of carbonyl (C=O) groups is 2. The van der Waals surface area contributed by atoms with Crippen LogP contribution in [0.25, 0.3) is 0 Å². The predicted molar refractivity (Wildman–Crippen MR) is 74.3 cm³/mol. The van der Waals surface area contributed by atoms with Crippen molar-refractivity contribution in [2.24, 2.45) is 0 Å². The summed E-state index contributed by atoms with van der Waals surface area (Å²) in [5.41, 5.74) is -0.541. The fourth-order valence-corrected chi connectivity index (χ4v) is 2.29. The van der Waals surface area contributed by atoms with Crippen molar-refractivity contribution in [2.75, 3.05) is 6.54 Å². The minimum atomic E-state index is -1.13. The Bertz CT molecular complexity index is 574. The molecule has 0 spiro atoms. The second-order valence-corrected chi connectivity index (χ2v) is 5.20. The van der Waals surface area contributed by atoms with Crippen LogP contribution in [0, 0.1) is 0 Å². The first-order chi connectivity index (χ1) is 8.90. The van der Waals surface area contributed by atoms with Gasteiger partial charge in [0.05, 0.1) is 10.0 Å². The van der Waals surface area contributed by atoms with Crippen molar-refractivity contribution in [1.82, 2.24) is 10.2 Å². The molecule has 1 N–H and O–H groups in total. The lowest BCUT2D eigenvalue weighted by Crippen LogP contribution is -2.40. The summed E-state index contributed by atoms with van der Waals surface area (Å²) in [6.45, 7) is 5.33. The smallest absolute Gasteiger partial charge is 0.319 e. The molecule has 1 aliphatic rings. The average molecular weight is 299 g/mol. The van der Waals surface area contributed by atoms with Gasteiger partial charge in [-0.25, -0.2) is 4.79 Å². The highest BCUT2D eigenvalue weighted by atomic mass is 35.5. The number of nitrogens with zero attached hydrogens (tertiary/aromatic N) is 1. The molecule has 1 fully saturated rings. The van der Waals surface area contributed by atoms with Crippen LogP contribution in [0.4, 0.5) is 4.79 Å². The van der Waals surface area contributed by atoms with Gasteiger partial charge in [0.1, 0.15) is 5.54 Å². The SMILES string of the molecule is C=CCN1C(=O)NC(C)(c2ccc(Cl)c(Cl)c2)C1=O. The molecule has 4 nitrogen and oxygen atoms in total. The van der Waals surface area contributed by atoms with Crippen LogP contribution in [0.3, 0.4) is 0 Å². The molecule has 6 heteroatoms. The maximum atomic E-state index is 12.3.